The van der Waals surface area contributed by atoms with Gasteiger partial charge in [0.2, 0.25) is 5.91 Å². The van der Waals surface area contributed by atoms with Crippen LogP contribution in [0.2, 0.25) is 0 Å². The summed E-state index contributed by atoms with van der Waals surface area (Å²) >= 11 is 0. The average molecular weight is 337 g/mol. The van der Waals surface area contributed by atoms with Crippen molar-refractivity contribution in [1.29, 1.82) is 0 Å². The first-order valence-electron chi connectivity index (χ1n) is 7.76. The van der Waals surface area contributed by atoms with Crippen LogP contribution in [-0.4, -0.2) is 44.4 Å². The van der Waals surface area contributed by atoms with Gasteiger partial charge in [0, 0.05) is 18.7 Å². The monoisotopic (exact) mass is 337 g/mol. The van der Waals surface area contributed by atoms with E-state index >= 15 is 0 Å². The molecule has 0 aliphatic carbocycles. The predicted octanol–water partition coefficient (Wildman–Crippen LogP) is 1.55. The fraction of sp³-hybridized carbons (Fsp3) is 0.500. The highest BCUT2D eigenvalue weighted by molar-refractivity contribution is 7.91. The van der Waals surface area contributed by atoms with E-state index in [2.05, 4.69) is 0 Å². The van der Waals surface area contributed by atoms with Gasteiger partial charge in [0.05, 0.1) is 17.1 Å². The van der Waals surface area contributed by atoms with Crippen molar-refractivity contribution in [1.82, 2.24) is 0 Å². The van der Waals surface area contributed by atoms with E-state index in [0.29, 0.717) is 24.9 Å². The standard InChI is InChI=1S/C16H19NO5S/c18-15-3-1-2-9-17(15)13-6-4-12(5-7-13)16(19)22-14-8-10-23(20,21)11-14/h4-7,14H,1-3,8-11H2/t14-/m0/s1. The number of piperidine rings is 1. The summed E-state index contributed by atoms with van der Waals surface area (Å²) in [6.45, 7) is 0.697. The minimum absolute atomic E-state index is 0.0704. The number of hydrogen-bond acceptors (Lipinski definition) is 5. The number of sulfone groups is 1. The van der Waals surface area contributed by atoms with Crippen LogP contribution < -0.4 is 4.90 Å². The molecule has 0 saturated carbocycles. The van der Waals surface area contributed by atoms with Crippen LogP contribution in [0, 0.1) is 0 Å². The minimum Gasteiger partial charge on any atom is -0.458 e. The summed E-state index contributed by atoms with van der Waals surface area (Å²) in [4.78, 5) is 25.7. The molecule has 0 bridgehead atoms. The fourth-order valence-electron chi connectivity index (χ4n) is 2.93. The highest BCUT2D eigenvalue weighted by atomic mass is 32.2. The van der Waals surface area contributed by atoms with Gasteiger partial charge in [-0.25, -0.2) is 13.2 Å². The third-order valence-corrected chi connectivity index (χ3v) is 5.94. The zero-order valence-corrected chi connectivity index (χ0v) is 13.5. The van der Waals surface area contributed by atoms with Crippen molar-refractivity contribution in [3.63, 3.8) is 0 Å². The number of rotatable bonds is 3. The van der Waals surface area contributed by atoms with Crippen LogP contribution in [-0.2, 0) is 19.4 Å². The van der Waals surface area contributed by atoms with Crippen molar-refractivity contribution in [3.05, 3.63) is 29.8 Å². The zero-order chi connectivity index (χ0) is 16.4. The van der Waals surface area contributed by atoms with Crippen LogP contribution in [0.4, 0.5) is 5.69 Å². The highest BCUT2D eigenvalue weighted by Gasteiger charge is 2.31. The largest absolute Gasteiger partial charge is 0.458 e. The number of carbonyl (C=O) groups excluding carboxylic acids is 2. The van der Waals surface area contributed by atoms with E-state index in [1.807, 2.05) is 0 Å². The van der Waals surface area contributed by atoms with Gasteiger partial charge < -0.3 is 9.64 Å². The Hall–Kier alpha value is -1.89. The van der Waals surface area contributed by atoms with E-state index in [9.17, 15) is 18.0 Å². The lowest BCUT2D eigenvalue weighted by molar-refractivity contribution is -0.119. The lowest BCUT2D eigenvalue weighted by atomic mass is 10.1. The van der Waals surface area contributed by atoms with E-state index in [0.717, 1.165) is 18.5 Å². The Morgan fingerprint density at radius 3 is 2.52 bits per heavy atom. The Balaban J connectivity index is 1.65. The van der Waals surface area contributed by atoms with Crippen LogP contribution in [0.1, 0.15) is 36.0 Å². The molecule has 0 aromatic heterocycles. The Kier molecular flexibility index (Phi) is 4.39. The Morgan fingerprint density at radius 1 is 1.17 bits per heavy atom. The Morgan fingerprint density at radius 2 is 1.91 bits per heavy atom. The SMILES string of the molecule is O=C(O[C@H]1CCS(=O)(=O)C1)c1ccc(N2CCCCC2=O)cc1. The number of carbonyl (C=O) groups is 2. The molecule has 7 heteroatoms. The first kappa shape index (κ1) is 16.0. The van der Waals surface area contributed by atoms with Gasteiger partial charge in [0.15, 0.2) is 9.84 Å². The predicted molar refractivity (Wildman–Crippen MR) is 85.1 cm³/mol. The van der Waals surface area contributed by atoms with E-state index < -0.39 is 21.9 Å². The van der Waals surface area contributed by atoms with Crippen molar-refractivity contribution in [2.45, 2.75) is 31.8 Å². The zero-order valence-electron chi connectivity index (χ0n) is 12.7. The molecule has 2 heterocycles. The molecule has 0 unspecified atom stereocenters. The quantitative estimate of drug-likeness (QED) is 0.782. The lowest BCUT2D eigenvalue weighted by Crippen LogP contribution is -2.35. The van der Waals surface area contributed by atoms with Gasteiger partial charge in [-0.3, -0.25) is 4.79 Å². The molecule has 1 aromatic rings. The van der Waals surface area contributed by atoms with Crippen LogP contribution in [0.25, 0.3) is 0 Å². The summed E-state index contributed by atoms with van der Waals surface area (Å²) in [5.74, 6) is -0.452. The summed E-state index contributed by atoms with van der Waals surface area (Å²) in [7, 11) is -3.07. The third-order valence-electron chi connectivity index (χ3n) is 4.20. The molecule has 3 rings (SSSR count). The summed E-state index contributed by atoms with van der Waals surface area (Å²) in [5, 5.41) is 0. The third kappa shape index (κ3) is 3.72. The molecule has 0 spiro atoms. The van der Waals surface area contributed by atoms with Gasteiger partial charge in [-0.15, -0.1) is 0 Å². The summed E-state index contributed by atoms with van der Waals surface area (Å²) in [6, 6.07) is 6.68. The van der Waals surface area contributed by atoms with Crippen molar-refractivity contribution >= 4 is 27.4 Å². The molecular weight excluding hydrogens is 318 g/mol. The maximum atomic E-state index is 12.1. The maximum absolute atomic E-state index is 12.1. The number of ether oxygens (including phenoxy) is 1. The van der Waals surface area contributed by atoms with Crippen LogP contribution in [0.5, 0.6) is 0 Å². The van der Waals surface area contributed by atoms with Gasteiger partial charge in [-0.1, -0.05) is 0 Å². The fourth-order valence-corrected chi connectivity index (χ4v) is 4.52. The molecule has 1 amide bonds. The Labute approximate surface area is 135 Å². The molecular formula is C16H19NO5S. The molecule has 2 fully saturated rings. The number of nitrogens with zero attached hydrogens (tertiary/aromatic N) is 1. The summed E-state index contributed by atoms with van der Waals surface area (Å²) < 4.78 is 28.0. The number of esters is 1. The molecule has 2 saturated heterocycles. The maximum Gasteiger partial charge on any atom is 0.338 e. The number of benzene rings is 1. The molecule has 6 nitrogen and oxygen atoms in total. The normalized spacial score (nSPS) is 23.7. The smallest absolute Gasteiger partial charge is 0.338 e. The van der Waals surface area contributed by atoms with Gasteiger partial charge in [-0.05, 0) is 43.5 Å². The van der Waals surface area contributed by atoms with E-state index in [1.165, 1.54) is 0 Å². The molecule has 1 aromatic carbocycles. The first-order valence-corrected chi connectivity index (χ1v) is 9.58. The summed E-state index contributed by atoms with van der Waals surface area (Å²) in [5.41, 5.74) is 1.14. The molecule has 0 radical (unpaired) electrons. The van der Waals surface area contributed by atoms with E-state index in [-0.39, 0.29) is 17.4 Å². The van der Waals surface area contributed by atoms with E-state index in [1.54, 1.807) is 29.2 Å². The van der Waals surface area contributed by atoms with Crippen molar-refractivity contribution in [2.24, 2.45) is 0 Å². The molecule has 23 heavy (non-hydrogen) atoms. The van der Waals surface area contributed by atoms with E-state index in [4.69, 9.17) is 4.74 Å². The number of anilines is 1. The molecule has 0 N–H and O–H groups in total. The lowest BCUT2D eigenvalue weighted by Gasteiger charge is -2.26. The van der Waals surface area contributed by atoms with Gasteiger partial charge in [0.25, 0.3) is 0 Å². The highest BCUT2D eigenvalue weighted by Crippen LogP contribution is 2.22. The second-order valence-corrected chi connectivity index (χ2v) is 8.21. The van der Waals surface area contributed by atoms with Crippen LogP contribution in [0.15, 0.2) is 24.3 Å². The molecule has 2 aliphatic heterocycles. The van der Waals surface area contributed by atoms with Crippen LogP contribution in [0.3, 0.4) is 0 Å². The molecule has 2 aliphatic rings. The topological polar surface area (TPSA) is 80.8 Å². The van der Waals surface area contributed by atoms with Crippen molar-refractivity contribution in [2.75, 3.05) is 23.0 Å². The Bertz CT molecular complexity index is 710. The second kappa shape index (κ2) is 6.31. The first-order chi connectivity index (χ1) is 10.9. The van der Waals surface area contributed by atoms with Crippen molar-refractivity contribution in [3.8, 4) is 0 Å². The van der Waals surface area contributed by atoms with Crippen LogP contribution >= 0.6 is 0 Å². The number of amides is 1. The van der Waals surface area contributed by atoms with Gasteiger partial charge in [-0.2, -0.15) is 0 Å². The minimum atomic E-state index is -3.07. The van der Waals surface area contributed by atoms with Gasteiger partial charge in [0.1, 0.15) is 6.10 Å². The summed E-state index contributed by atoms with van der Waals surface area (Å²) in [6.07, 6.45) is 2.25. The average Bonchev–Trinajstić information content (AvgIpc) is 2.87. The number of hydrogen-bond donors (Lipinski definition) is 0. The molecule has 124 valence electrons. The van der Waals surface area contributed by atoms with Crippen molar-refractivity contribution < 1.29 is 22.7 Å². The van der Waals surface area contributed by atoms with Gasteiger partial charge >= 0.3 is 5.97 Å². The molecule has 1 atom stereocenters. The second-order valence-electron chi connectivity index (χ2n) is 5.98.